The molecule has 0 amide bonds. The number of benzene rings is 13. The topological polar surface area (TPSA) is 0 Å². The Morgan fingerprint density at radius 1 is 0.0625 bits per heavy atom. The van der Waals surface area contributed by atoms with Crippen LogP contribution in [0.25, 0.3) is 131 Å². The molecule has 0 radical (unpaired) electrons. The first-order chi connectivity index (χ1) is 44.8. The highest BCUT2D eigenvalue weighted by molar-refractivity contribution is 6.81. The molecule has 0 bridgehead atoms. The molecule has 0 aliphatic carbocycles. The second-order valence-electron chi connectivity index (χ2n) is 31.5. The highest BCUT2D eigenvalue weighted by Crippen LogP contribution is 2.36. The second kappa shape index (κ2) is 23.0. The fourth-order valence-corrected chi connectivity index (χ4v) is 20.8. The molecule has 0 spiro atoms. The predicted molar refractivity (Wildman–Crippen MR) is 553 cm³/mol. The van der Waals surface area contributed by atoms with Gasteiger partial charge in [0.25, 0.3) is 0 Å². The van der Waals surface area contributed by atoms with Crippen molar-refractivity contribution in [1.29, 1.82) is 0 Å². The van der Waals surface area contributed by atoms with Crippen molar-refractivity contribution < 1.29 is 0 Å². The number of hydrogen-bond acceptors (Lipinski definition) is 0. The Bertz CT molecular complexity index is 5600. The summed E-state index contributed by atoms with van der Waals surface area (Å²) in [7, 11) is 87.5. The lowest BCUT2D eigenvalue weighted by molar-refractivity contribution is 1.76. The number of hydrogen-bond donors (Lipinski definition) is 0. The van der Waals surface area contributed by atoms with Crippen molar-refractivity contribution in [1.82, 2.24) is 0 Å². The van der Waals surface area contributed by atoms with E-state index in [4.69, 9.17) is 0 Å². The average Bonchev–Trinajstić information content (AvgIpc) is 0.690. The average molecular weight is 1180 g/mol. The van der Waals surface area contributed by atoms with Gasteiger partial charge in [0.2, 0.25) is 0 Å². The standard InChI is InChI=1S/C60H72B36/c61-25-17(9-10-20(50(86)54(90)34(9)70)51(87)60(96)59(95)35(10)71)26(62)22(24-28(64)19(49(85)58(94)53(24)89)8-6-2-4-14(39(75)31(6)67)45(81)56(92)47(83)16(4)43(79)41(77)12(2)37(73)33(8)69)29(65)21(25)23-27(63)18(48(84)57(93)52(23)88)7-5-1-3-13(38(74)30(5)66)44(80)55(91)46(82)15(3)42(78)40(76)11(1)36(72)32(7)68/h61-96H2. The summed E-state index contributed by atoms with van der Waals surface area (Å²) >= 11 is 0. The lowest BCUT2D eigenvalue weighted by atomic mass is 9.53. The molecular formula is C60H72B36. The highest BCUT2D eigenvalue weighted by atomic mass is 14.3. The van der Waals surface area contributed by atoms with Gasteiger partial charge in [0.1, 0.15) is 282 Å². The Balaban J connectivity index is 1.25. The molecule has 420 valence electrons. The molecule has 0 N–H and O–H groups in total. The van der Waals surface area contributed by atoms with Gasteiger partial charge >= 0.3 is 0 Å². The van der Waals surface area contributed by atoms with Crippen LogP contribution in [-0.4, -0.2) is 282 Å². The van der Waals surface area contributed by atoms with Crippen LogP contribution >= 0.6 is 0 Å². The predicted octanol–water partition coefficient (Wildman–Crippen LogP) is -45.7. The van der Waals surface area contributed by atoms with Crippen LogP contribution in [-0.2, 0) is 0 Å². The van der Waals surface area contributed by atoms with Crippen LogP contribution in [0.2, 0.25) is 0 Å². The van der Waals surface area contributed by atoms with E-state index in [1.54, 1.807) is 0 Å². The fourth-order valence-electron chi connectivity index (χ4n) is 20.8. The van der Waals surface area contributed by atoms with E-state index in [1.807, 2.05) is 0 Å². The minimum atomic E-state index is 1.37. The Morgan fingerprint density at radius 3 is 0.406 bits per heavy atom. The minimum Gasteiger partial charge on any atom is -0.101 e. The van der Waals surface area contributed by atoms with Crippen molar-refractivity contribution in [3.63, 3.8) is 0 Å². The van der Waals surface area contributed by atoms with Gasteiger partial charge in [0, 0.05) is 0 Å². The van der Waals surface area contributed by atoms with Crippen LogP contribution in [0.4, 0.5) is 0 Å². The second-order valence-corrected chi connectivity index (χ2v) is 31.5. The molecule has 0 saturated carbocycles. The summed E-state index contributed by atoms with van der Waals surface area (Å²) in [5.41, 5.74) is 64.3. The van der Waals surface area contributed by atoms with Gasteiger partial charge in [0.15, 0.2) is 0 Å². The zero-order valence-electron chi connectivity index (χ0n) is 66.0. The van der Waals surface area contributed by atoms with Gasteiger partial charge in [-0.1, -0.05) is 158 Å². The Kier molecular flexibility index (Phi) is 16.6. The summed E-state index contributed by atoms with van der Waals surface area (Å²) in [5, 5.41) is 20.2. The van der Waals surface area contributed by atoms with Gasteiger partial charge in [-0.3, -0.25) is 0 Å². The van der Waals surface area contributed by atoms with E-state index in [-0.39, 0.29) is 0 Å². The van der Waals surface area contributed by atoms with Crippen LogP contribution in [0.5, 0.6) is 0 Å². The van der Waals surface area contributed by atoms with Gasteiger partial charge in [-0.25, -0.2) is 0 Å². The van der Waals surface area contributed by atoms with Crippen LogP contribution in [0.15, 0.2) is 0 Å². The maximum Gasteiger partial charge on any atom is 0.140 e. The molecule has 0 aliphatic heterocycles. The van der Waals surface area contributed by atoms with Gasteiger partial charge in [-0.05, 0) is 131 Å². The first kappa shape index (κ1) is 69.0. The zero-order valence-corrected chi connectivity index (χ0v) is 66.0. The molecule has 13 aromatic rings. The first-order valence-electron chi connectivity index (χ1n) is 36.0. The van der Waals surface area contributed by atoms with E-state index < -0.39 is 0 Å². The SMILES string of the molecule is Bc1c(B)c(-c2c(B)c(-c3c(B)c(B)c(B)c(-c4c(B)c(B)c5c(B)c(B)c6c(B)c(B)c(B)c7c(B)c(B)c4c5c67)c3B)c(B)c(-c3c(B)c(B)c(B)c4c(B)c(B)c(B)c(B)c34)c2B)c(B)c(-c2c(B)c(B)c3c(B)c(B)c4c(B)c(B)c(B)c5c(B)c(B)c2c3c45)c1B. The molecule has 13 rings (SSSR count). The van der Waals surface area contributed by atoms with E-state index in [9.17, 15) is 0 Å². The van der Waals surface area contributed by atoms with Gasteiger partial charge < -0.3 is 0 Å². The van der Waals surface area contributed by atoms with E-state index in [2.05, 4.69) is 282 Å². The summed E-state index contributed by atoms with van der Waals surface area (Å²) in [6.07, 6.45) is 0. The van der Waals surface area contributed by atoms with Crippen molar-refractivity contribution >= 4 is 555 Å². The molecule has 0 fully saturated rings. The number of fused-ring (bicyclic) bond motifs is 1. The maximum absolute atomic E-state index is 2.53. The molecule has 36 heteroatoms. The fraction of sp³-hybridized carbons (Fsp3) is 0. The van der Waals surface area contributed by atoms with Crippen LogP contribution in [0.3, 0.4) is 0 Å². The maximum atomic E-state index is 2.53. The summed E-state index contributed by atoms with van der Waals surface area (Å²) in [5.74, 6) is 0. The highest BCUT2D eigenvalue weighted by Gasteiger charge is 2.34. The molecule has 0 heterocycles. The summed E-state index contributed by atoms with van der Waals surface area (Å²) in [6, 6.07) is 0. The molecule has 0 atom stereocenters. The minimum absolute atomic E-state index is 1.37. The third-order valence-electron chi connectivity index (χ3n) is 28.2. The smallest absolute Gasteiger partial charge is 0.101 e. The first-order valence-corrected chi connectivity index (χ1v) is 36.0. The van der Waals surface area contributed by atoms with Crippen LogP contribution in [0.1, 0.15) is 0 Å². The summed E-state index contributed by atoms with van der Waals surface area (Å²) in [4.78, 5) is 0. The molecular weight excluding hydrogens is 1110 g/mol. The quantitative estimate of drug-likeness (QED) is 0.119. The van der Waals surface area contributed by atoms with Crippen molar-refractivity contribution in [3.05, 3.63) is 0 Å². The lowest BCUT2D eigenvalue weighted by Crippen LogP contribution is -2.53. The zero-order chi connectivity index (χ0) is 70.6. The third-order valence-corrected chi connectivity index (χ3v) is 28.2. The Labute approximate surface area is 605 Å². The molecule has 0 unspecified atom stereocenters. The van der Waals surface area contributed by atoms with E-state index in [1.165, 1.54) is 328 Å². The van der Waals surface area contributed by atoms with Crippen LogP contribution < -0.4 is 197 Å². The van der Waals surface area contributed by atoms with Crippen molar-refractivity contribution in [2.45, 2.75) is 0 Å². The summed E-state index contributed by atoms with van der Waals surface area (Å²) < 4.78 is 0. The lowest BCUT2D eigenvalue weighted by Gasteiger charge is -2.34. The monoisotopic (exact) mass is 1190 g/mol. The van der Waals surface area contributed by atoms with E-state index in [0.717, 1.165) is 0 Å². The molecule has 0 aliphatic rings. The molecule has 96 heavy (non-hydrogen) atoms. The molecule has 13 aromatic carbocycles. The third kappa shape index (κ3) is 8.50. The molecule has 0 nitrogen and oxygen atoms in total. The van der Waals surface area contributed by atoms with Crippen LogP contribution in [0, 0.1) is 0 Å². The van der Waals surface area contributed by atoms with Gasteiger partial charge in [0.05, 0.1) is 0 Å². The number of rotatable bonds is 5. The summed E-state index contributed by atoms with van der Waals surface area (Å²) in [6.45, 7) is 0. The molecule has 0 saturated heterocycles. The van der Waals surface area contributed by atoms with Crippen molar-refractivity contribution in [2.75, 3.05) is 0 Å². The van der Waals surface area contributed by atoms with Gasteiger partial charge in [-0.15, -0.1) is 38.2 Å². The normalized spacial score (nSPS) is 12.0. The van der Waals surface area contributed by atoms with E-state index >= 15 is 0 Å². The molecule has 0 aromatic heterocycles. The van der Waals surface area contributed by atoms with Gasteiger partial charge in [-0.2, -0.15) is 0 Å². The van der Waals surface area contributed by atoms with Crippen molar-refractivity contribution in [3.8, 4) is 55.6 Å². The Hall–Kier alpha value is -5.46. The Morgan fingerprint density at radius 2 is 0.156 bits per heavy atom. The van der Waals surface area contributed by atoms with Crippen molar-refractivity contribution in [2.24, 2.45) is 0 Å². The van der Waals surface area contributed by atoms with E-state index in [0.29, 0.717) is 0 Å². The largest absolute Gasteiger partial charge is 0.140 e.